The Morgan fingerprint density at radius 1 is 1.14 bits per heavy atom. The Labute approximate surface area is 163 Å². The molecular weight excluding hydrogens is 360 g/mol. The summed E-state index contributed by atoms with van der Waals surface area (Å²) in [7, 11) is 2.87. The van der Waals surface area contributed by atoms with Crippen molar-refractivity contribution >= 4 is 17.7 Å². The van der Waals surface area contributed by atoms with E-state index < -0.39 is 11.9 Å². The third-order valence-electron chi connectivity index (χ3n) is 5.55. The topological polar surface area (TPSA) is 84.9 Å². The second kappa shape index (κ2) is 7.14. The number of methoxy groups -OCH3 is 2. The molecule has 2 heterocycles. The second-order valence-corrected chi connectivity index (χ2v) is 7.00. The van der Waals surface area contributed by atoms with Crippen molar-refractivity contribution in [1.29, 1.82) is 0 Å². The molecule has 1 aromatic rings. The normalized spacial score (nSPS) is 21.8. The van der Waals surface area contributed by atoms with E-state index in [0.29, 0.717) is 43.0 Å². The molecule has 0 spiro atoms. The van der Waals surface area contributed by atoms with Gasteiger partial charge in [-0.1, -0.05) is 12.1 Å². The molecule has 146 valence electrons. The molecule has 3 aliphatic rings. The minimum absolute atomic E-state index is 0.0218. The first-order valence-corrected chi connectivity index (χ1v) is 9.35. The van der Waals surface area contributed by atoms with E-state index in [4.69, 9.17) is 9.47 Å². The molecule has 0 aromatic heterocycles. The number of Topliss-reactive ketones (excluding diaryl/α,β-unsaturated/α-hetero) is 1. The quantitative estimate of drug-likeness (QED) is 0.801. The molecule has 1 aromatic carbocycles. The van der Waals surface area contributed by atoms with Crippen molar-refractivity contribution in [3.05, 3.63) is 52.4 Å². The number of allylic oxidation sites excluding steroid dienone is 2. The molecule has 7 heteroatoms. The molecule has 1 N–H and O–H groups in total. The number of rotatable bonds is 3. The first kappa shape index (κ1) is 18.3. The lowest BCUT2D eigenvalue weighted by Crippen LogP contribution is -2.50. The second-order valence-electron chi connectivity index (χ2n) is 7.00. The molecule has 1 fully saturated rings. The lowest BCUT2D eigenvalue weighted by atomic mass is 9.74. The predicted molar refractivity (Wildman–Crippen MR) is 100 cm³/mol. The Balaban J connectivity index is 1.97. The molecule has 0 radical (unpaired) electrons. The zero-order chi connectivity index (χ0) is 19.8. The van der Waals surface area contributed by atoms with Crippen LogP contribution in [-0.4, -0.2) is 49.9 Å². The van der Waals surface area contributed by atoms with Gasteiger partial charge in [-0.2, -0.15) is 0 Å². The number of carbonyl (C=O) groups excluding carboxylic acids is 3. The number of ether oxygens (including phenoxy) is 2. The maximum absolute atomic E-state index is 13.0. The van der Waals surface area contributed by atoms with E-state index in [-0.39, 0.29) is 17.3 Å². The van der Waals surface area contributed by atoms with Gasteiger partial charge >= 0.3 is 5.97 Å². The number of nitrogens with zero attached hydrogens (tertiary/aromatic N) is 1. The van der Waals surface area contributed by atoms with Crippen molar-refractivity contribution in [2.24, 2.45) is 0 Å². The predicted octanol–water partition coefficient (Wildman–Crippen LogP) is 1.66. The first-order chi connectivity index (χ1) is 13.6. The minimum Gasteiger partial charge on any atom is -0.497 e. The van der Waals surface area contributed by atoms with Gasteiger partial charge in [0.1, 0.15) is 11.4 Å². The van der Waals surface area contributed by atoms with Crippen molar-refractivity contribution in [1.82, 2.24) is 10.2 Å². The third kappa shape index (κ3) is 2.78. The lowest BCUT2D eigenvalue weighted by Gasteiger charge is -2.43. The molecule has 28 heavy (non-hydrogen) atoms. The summed E-state index contributed by atoms with van der Waals surface area (Å²) in [5, 5.41) is 2.81. The number of fused-ring (bicyclic) bond motifs is 2. The van der Waals surface area contributed by atoms with Crippen LogP contribution >= 0.6 is 0 Å². The molecule has 1 aliphatic carbocycles. The highest BCUT2D eigenvalue weighted by atomic mass is 16.5. The van der Waals surface area contributed by atoms with Gasteiger partial charge in [-0.3, -0.25) is 9.59 Å². The van der Waals surface area contributed by atoms with E-state index in [9.17, 15) is 14.4 Å². The molecule has 1 amide bonds. The number of carbonyl (C=O) groups is 3. The largest absolute Gasteiger partial charge is 0.497 e. The van der Waals surface area contributed by atoms with Gasteiger partial charge in [-0.25, -0.2) is 4.79 Å². The number of hydrogen-bond acceptors (Lipinski definition) is 6. The van der Waals surface area contributed by atoms with Gasteiger partial charge in [-0.15, -0.1) is 0 Å². The molecule has 4 rings (SSSR count). The highest BCUT2D eigenvalue weighted by molar-refractivity contribution is 6.09. The van der Waals surface area contributed by atoms with Crippen molar-refractivity contribution in [3.63, 3.8) is 0 Å². The number of hydrogen-bond donors (Lipinski definition) is 1. The summed E-state index contributed by atoms with van der Waals surface area (Å²) in [6.07, 6.45) is 1.89. The van der Waals surface area contributed by atoms with Crippen molar-refractivity contribution in [3.8, 4) is 5.75 Å². The zero-order valence-corrected chi connectivity index (χ0v) is 15.9. The Bertz CT molecular complexity index is 913. The standard InChI is InChI=1S/C21H22N2O5/c1-27-13-8-6-12(7-9-13)16-17-14(4-3-5-15(17)24)23-11-10-22-20(25)19(23)18(16)21(26)28-2/h6-9,16H,3-5,10-11H2,1-2H3,(H,22,25)/t16-/m0/s1. The molecular formula is C21H22N2O5. The summed E-state index contributed by atoms with van der Waals surface area (Å²) >= 11 is 0. The first-order valence-electron chi connectivity index (χ1n) is 9.35. The van der Waals surface area contributed by atoms with Crippen LogP contribution in [-0.2, 0) is 19.1 Å². The summed E-state index contributed by atoms with van der Waals surface area (Å²) < 4.78 is 10.3. The SMILES string of the molecule is COC(=O)C1=C2C(=O)NCCN2C2=C(C(=O)CCC2)[C@@H]1c1ccc(OC)cc1. The monoisotopic (exact) mass is 382 g/mol. The van der Waals surface area contributed by atoms with Crippen LogP contribution in [0.4, 0.5) is 0 Å². The molecule has 7 nitrogen and oxygen atoms in total. The van der Waals surface area contributed by atoms with Gasteiger partial charge in [0.15, 0.2) is 5.78 Å². The number of nitrogens with one attached hydrogen (secondary N) is 1. The highest BCUT2D eigenvalue weighted by Crippen LogP contribution is 2.46. The molecule has 0 bridgehead atoms. The Morgan fingerprint density at radius 3 is 2.57 bits per heavy atom. The third-order valence-corrected chi connectivity index (χ3v) is 5.55. The highest BCUT2D eigenvalue weighted by Gasteiger charge is 2.45. The fourth-order valence-corrected chi connectivity index (χ4v) is 4.33. The Hall–Kier alpha value is -3.09. The van der Waals surface area contributed by atoms with Crippen LogP contribution in [0.3, 0.4) is 0 Å². The molecule has 1 saturated heterocycles. The molecule has 2 aliphatic heterocycles. The number of ketones is 1. The van der Waals surface area contributed by atoms with E-state index >= 15 is 0 Å². The van der Waals surface area contributed by atoms with Gasteiger partial charge < -0.3 is 19.7 Å². The van der Waals surface area contributed by atoms with Crippen LogP contribution in [0.15, 0.2) is 46.8 Å². The number of amides is 1. The van der Waals surface area contributed by atoms with Crippen LogP contribution in [0.5, 0.6) is 5.75 Å². The summed E-state index contributed by atoms with van der Waals surface area (Å²) in [4.78, 5) is 40.4. The van der Waals surface area contributed by atoms with Crippen LogP contribution in [0, 0.1) is 0 Å². The summed E-state index contributed by atoms with van der Waals surface area (Å²) in [5.41, 5.74) is 2.74. The Morgan fingerprint density at radius 2 is 1.89 bits per heavy atom. The van der Waals surface area contributed by atoms with Gasteiger partial charge in [0.05, 0.1) is 19.8 Å². The van der Waals surface area contributed by atoms with Gasteiger partial charge in [0.2, 0.25) is 0 Å². The summed E-state index contributed by atoms with van der Waals surface area (Å²) in [6, 6.07) is 7.23. The van der Waals surface area contributed by atoms with Crippen LogP contribution in [0.1, 0.15) is 30.7 Å². The number of benzene rings is 1. The van der Waals surface area contributed by atoms with E-state index in [0.717, 1.165) is 17.7 Å². The van der Waals surface area contributed by atoms with E-state index in [1.807, 2.05) is 17.0 Å². The zero-order valence-electron chi connectivity index (χ0n) is 15.9. The maximum Gasteiger partial charge on any atom is 0.337 e. The average Bonchev–Trinajstić information content (AvgIpc) is 2.73. The van der Waals surface area contributed by atoms with Crippen LogP contribution in [0.2, 0.25) is 0 Å². The van der Waals surface area contributed by atoms with Crippen molar-refractivity contribution < 1.29 is 23.9 Å². The number of piperazine rings is 1. The number of esters is 1. The van der Waals surface area contributed by atoms with Crippen LogP contribution < -0.4 is 10.1 Å². The summed E-state index contributed by atoms with van der Waals surface area (Å²) in [5.74, 6) is -0.838. The summed E-state index contributed by atoms with van der Waals surface area (Å²) in [6.45, 7) is 0.998. The fraction of sp³-hybridized carbons (Fsp3) is 0.381. The van der Waals surface area contributed by atoms with E-state index in [2.05, 4.69) is 5.32 Å². The van der Waals surface area contributed by atoms with Crippen LogP contribution in [0.25, 0.3) is 0 Å². The Kier molecular flexibility index (Phi) is 4.66. The fourth-order valence-electron chi connectivity index (χ4n) is 4.33. The van der Waals surface area contributed by atoms with E-state index in [1.165, 1.54) is 7.11 Å². The molecule has 0 saturated carbocycles. The smallest absolute Gasteiger partial charge is 0.337 e. The van der Waals surface area contributed by atoms with Gasteiger partial charge in [0, 0.05) is 36.7 Å². The minimum atomic E-state index is -0.628. The van der Waals surface area contributed by atoms with Crippen molar-refractivity contribution in [2.75, 3.05) is 27.3 Å². The lowest BCUT2D eigenvalue weighted by molar-refractivity contribution is -0.137. The van der Waals surface area contributed by atoms with E-state index in [1.54, 1.807) is 19.2 Å². The maximum atomic E-state index is 13.0. The molecule has 0 unspecified atom stereocenters. The molecule has 1 atom stereocenters. The van der Waals surface area contributed by atoms with Crippen molar-refractivity contribution in [2.45, 2.75) is 25.2 Å². The average molecular weight is 382 g/mol. The van der Waals surface area contributed by atoms with Gasteiger partial charge in [0.25, 0.3) is 5.91 Å². The van der Waals surface area contributed by atoms with Gasteiger partial charge in [-0.05, 0) is 30.5 Å².